The van der Waals surface area contributed by atoms with Gasteiger partial charge in [-0.3, -0.25) is 0 Å². The van der Waals surface area contributed by atoms with Crippen LogP contribution in [0, 0.1) is 6.92 Å². The molecule has 95 valence electrons. The maximum atomic E-state index is 3.86. The molecule has 16 heavy (non-hydrogen) atoms. The van der Waals surface area contributed by atoms with Gasteiger partial charge in [-0.25, -0.2) is 0 Å². The van der Waals surface area contributed by atoms with Gasteiger partial charge in [-0.1, -0.05) is 77.4 Å². The van der Waals surface area contributed by atoms with Crippen LogP contribution in [0.1, 0.15) is 84.0 Å². The number of rotatable bonds is 12. The fraction of sp³-hybridized carbons (Fsp3) is 0.812. The minimum absolute atomic E-state index is 1.10. The third kappa shape index (κ3) is 13.7. The first-order chi connectivity index (χ1) is 7.91. The molecule has 0 spiro atoms. The summed E-state index contributed by atoms with van der Waals surface area (Å²) in [5.41, 5.74) is 0. The maximum Gasteiger partial charge on any atom is -0.0351 e. The summed E-state index contributed by atoms with van der Waals surface area (Å²) in [7, 11) is 0. The van der Waals surface area contributed by atoms with Gasteiger partial charge in [-0.15, -0.1) is 0 Å². The van der Waals surface area contributed by atoms with Crippen LogP contribution in [0.4, 0.5) is 0 Å². The van der Waals surface area contributed by atoms with Crippen molar-refractivity contribution < 1.29 is 0 Å². The van der Waals surface area contributed by atoms with Crippen LogP contribution < -0.4 is 0 Å². The van der Waals surface area contributed by atoms with E-state index in [0.29, 0.717) is 0 Å². The number of hydrogen-bond acceptors (Lipinski definition) is 0. The molecule has 1 radical (unpaired) electrons. The van der Waals surface area contributed by atoms with Crippen LogP contribution >= 0.6 is 0 Å². The Morgan fingerprint density at radius 1 is 0.688 bits per heavy atom. The summed E-state index contributed by atoms with van der Waals surface area (Å²) in [6.45, 7) is 6.13. The zero-order valence-corrected chi connectivity index (χ0v) is 11.3. The van der Waals surface area contributed by atoms with Crippen LogP contribution in [-0.2, 0) is 0 Å². The number of allylic oxidation sites excluding steroid dienone is 2. The molecule has 0 rings (SSSR count). The van der Waals surface area contributed by atoms with Crippen LogP contribution in [-0.4, -0.2) is 0 Å². The Kier molecular flexibility index (Phi) is 14.5. The molecule has 0 heterocycles. The highest BCUT2D eigenvalue weighted by Gasteiger charge is 1.88. The molecule has 0 saturated heterocycles. The normalized spacial score (nSPS) is 11.4. The van der Waals surface area contributed by atoms with Crippen molar-refractivity contribution in [1.29, 1.82) is 0 Å². The van der Waals surface area contributed by atoms with E-state index >= 15 is 0 Å². The van der Waals surface area contributed by atoms with E-state index in [1.165, 1.54) is 70.6 Å². The Hall–Kier alpha value is -0.260. The van der Waals surface area contributed by atoms with E-state index in [9.17, 15) is 0 Å². The van der Waals surface area contributed by atoms with Gasteiger partial charge in [0.05, 0.1) is 0 Å². The highest BCUT2D eigenvalue weighted by molar-refractivity contribution is 4.81. The SMILES string of the molecule is [CH2]CCCCCC/C=C\CCCCCCC. The quantitative estimate of drug-likeness (QED) is 0.278. The smallest absolute Gasteiger partial charge is 0.0351 e. The second-order valence-corrected chi connectivity index (χ2v) is 4.73. The summed E-state index contributed by atoms with van der Waals surface area (Å²) < 4.78 is 0. The van der Waals surface area contributed by atoms with E-state index in [0.717, 1.165) is 6.42 Å². The third-order valence-electron chi connectivity index (χ3n) is 3.01. The van der Waals surface area contributed by atoms with Gasteiger partial charge in [0, 0.05) is 0 Å². The van der Waals surface area contributed by atoms with Crippen molar-refractivity contribution in [3.8, 4) is 0 Å². The van der Waals surface area contributed by atoms with Gasteiger partial charge < -0.3 is 0 Å². The molecule has 0 amide bonds. The van der Waals surface area contributed by atoms with Gasteiger partial charge in [0.15, 0.2) is 0 Å². The fourth-order valence-electron chi connectivity index (χ4n) is 1.89. The molecule has 0 aliphatic carbocycles. The van der Waals surface area contributed by atoms with Crippen LogP contribution in [0.25, 0.3) is 0 Å². The molecule has 0 aliphatic rings. The molecule has 0 aliphatic heterocycles. The molecule has 0 nitrogen and oxygen atoms in total. The fourth-order valence-corrected chi connectivity index (χ4v) is 1.89. The zero-order valence-electron chi connectivity index (χ0n) is 11.3. The molecule has 0 bridgehead atoms. The summed E-state index contributed by atoms with van der Waals surface area (Å²) in [5.74, 6) is 0. The highest BCUT2D eigenvalue weighted by Crippen LogP contribution is 2.07. The Morgan fingerprint density at radius 3 is 1.69 bits per heavy atom. The Balaban J connectivity index is 2.98. The molecule has 0 heteroatoms. The first-order valence-electron chi connectivity index (χ1n) is 7.36. The van der Waals surface area contributed by atoms with Gasteiger partial charge in [0.25, 0.3) is 0 Å². The lowest BCUT2D eigenvalue weighted by atomic mass is 10.1. The van der Waals surface area contributed by atoms with Crippen LogP contribution in [0.5, 0.6) is 0 Å². The number of hydrogen-bond donors (Lipinski definition) is 0. The second-order valence-electron chi connectivity index (χ2n) is 4.73. The van der Waals surface area contributed by atoms with Crippen molar-refractivity contribution in [1.82, 2.24) is 0 Å². The van der Waals surface area contributed by atoms with Gasteiger partial charge in [-0.05, 0) is 25.7 Å². The topological polar surface area (TPSA) is 0 Å². The predicted octanol–water partition coefficient (Wildman–Crippen LogP) is 6.08. The number of unbranched alkanes of at least 4 members (excludes halogenated alkanes) is 10. The van der Waals surface area contributed by atoms with Gasteiger partial charge in [0.1, 0.15) is 0 Å². The van der Waals surface area contributed by atoms with Crippen molar-refractivity contribution >= 4 is 0 Å². The molecule has 0 aromatic heterocycles. The Morgan fingerprint density at radius 2 is 1.19 bits per heavy atom. The second kappa shape index (κ2) is 14.7. The van der Waals surface area contributed by atoms with Crippen LogP contribution in [0.15, 0.2) is 12.2 Å². The minimum Gasteiger partial charge on any atom is -0.0885 e. The van der Waals surface area contributed by atoms with E-state index in [1.54, 1.807) is 0 Å². The largest absolute Gasteiger partial charge is 0.0885 e. The van der Waals surface area contributed by atoms with E-state index in [1.807, 2.05) is 0 Å². The summed E-state index contributed by atoms with van der Waals surface area (Å²) in [5, 5.41) is 0. The molecule has 0 aromatic carbocycles. The summed E-state index contributed by atoms with van der Waals surface area (Å²) in [6.07, 6.45) is 20.9. The van der Waals surface area contributed by atoms with E-state index in [-0.39, 0.29) is 0 Å². The third-order valence-corrected chi connectivity index (χ3v) is 3.01. The molecular formula is C16H31. The average molecular weight is 223 g/mol. The average Bonchev–Trinajstić information content (AvgIpc) is 2.31. The van der Waals surface area contributed by atoms with E-state index in [4.69, 9.17) is 0 Å². The zero-order chi connectivity index (χ0) is 11.9. The van der Waals surface area contributed by atoms with Crippen LogP contribution in [0.2, 0.25) is 0 Å². The lowest BCUT2D eigenvalue weighted by Crippen LogP contribution is -1.77. The highest BCUT2D eigenvalue weighted by atomic mass is 13.9. The molecule has 0 saturated carbocycles. The van der Waals surface area contributed by atoms with E-state index in [2.05, 4.69) is 26.0 Å². The first-order valence-corrected chi connectivity index (χ1v) is 7.36. The lowest BCUT2D eigenvalue weighted by Gasteiger charge is -1.97. The van der Waals surface area contributed by atoms with Gasteiger partial charge in [-0.2, -0.15) is 0 Å². The van der Waals surface area contributed by atoms with Crippen molar-refractivity contribution in [3.63, 3.8) is 0 Å². The summed E-state index contributed by atoms with van der Waals surface area (Å²) >= 11 is 0. The molecule has 0 N–H and O–H groups in total. The molecule has 0 fully saturated rings. The maximum absolute atomic E-state index is 3.86. The lowest BCUT2D eigenvalue weighted by molar-refractivity contribution is 0.634. The first kappa shape index (κ1) is 15.7. The van der Waals surface area contributed by atoms with Crippen LogP contribution in [0.3, 0.4) is 0 Å². The van der Waals surface area contributed by atoms with Crippen molar-refractivity contribution in [2.24, 2.45) is 0 Å². The molecule has 0 atom stereocenters. The molecule has 0 unspecified atom stereocenters. The Bertz CT molecular complexity index is 119. The van der Waals surface area contributed by atoms with E-state index < -0.39 is 0 Å². The Labute approximate surface area is 104 Å². The van der Waals surface area contributed by atoms with Crippen molar-refractivity contribution in [3.05, 3.63) is 19.1 Å². The molecular weight excluding hydrogens is 192 g/mol. The summed E-state index contributed by atoms with van der Waals surface area (Å²) in [4.78, 5) is 0. The standard InChI is InChI=1S/C16H31/c1-3-5-7-9-11-13-15-16-14-12-10-8-6-4-2/h15-16H,1,3-14H2,2H3/b16-15-. The van der Waals surface area contributed by atoms with Gasteiger partial charge in [0.2, 0.25) is 0 Å². The van der Waals surface area contributed by atoms with Gasteiger partial charge >= 0.3 is 0 Å². The van der Waals surface area contributed by atoms with Crippen molar-refractivity contribution in [2.75, 3.05) is 0 Å². The minimum atomic E-state index is 1.10. The molecule has 0 aromatic rings. The summed E-state index contributed by atoms with van der Waals surface area (Å²) in [6, 6.07) is 0. The van der Waals surface area contributed by atoms with Crippen molar-refractivity contribution in [2.45, 2.75) is 84.0 Å². The predicted molar refractivity (Wildman–Crippen MR) is 75.6 cm³/mol. The monoisotopic (exact) mass is 223 g/mol.